The summed E-state index contributed by atoms with van der Waals surface area (Å²) in [7, 11) is 0. The van der Waals surface area contributed by atoms with Crippen LogP contribution in [-0.2, 0) is 4.74 Å². The molecule has 1 atom stereocenters. The highest BCUT2D eigenvalue weighted by Gasteiger charge is 2.14. The Bertz CT molecular complexity index is 315. The Morgan fingerprint density at radius 2 is 1.94 bits per heavy atom. The van der Waals surface area contributed by atoms with Gasteiger partial charge >= 0.3 is 0 Å². The van der Waals surface area contributed by atoms with Crippen LogP contribution in [0.2, 0.25) is 0 Å². The van der Waals surface area contributed by atoms with Crippen molar-refractivity contribution in [2.45, 2.75) is 38.9 Å². The van der Waals surface area contributed by atoms with Crippen LogP contribution in [0, 0.1) is 0 Å². The van der Waals surface area contributed by atoms with Crippen LogP contribution in [0.15, 0.2) is 24.3 Å². The molecule has 0 bridgehead atoms. The van der Waals surface area contributed by atoms with Crippen molar-refractivity contribution in [2.75, 3.05) is 13.2 Å². The van der Waals surface area contributed by atoms with Gasteiger partial charge in [-0.15, -0.1) is 0 Å². The molecule has 3 nitrogen and oxygen atoms in total. The van der Waals surface area contributed by atoms with Crippen LogP contribution in [0.4, 0.5) is 0 Å². The van der Waals surface area contributed by atoms with Crippen LogP contribution in [0.3, 0.4) is 0 Å². The Morgan fingerprint density at radius 3 is 2.59 bits per heavy atom. The zero-order valence-corrected chi connectivity index (χ0v) is 10.4. The standard InChI is InChI=1S/C14H20O3/c1-2-10-15-12-6-8-13(9-7-12)17-14-5-3-4-11-16-14/h6-9,14H,2-5,10-11H2,1H3. The zero-order valence-electron chi connectivity index (χ0n) is 10.4. The molecule has 0 aliphatic carbocycles. The molecule has 0 aromatic heterocycles. The van der Waals surface area contributed by atoms with Gasteiger partial charge in [0, 0.05) is 6.42 Å². The quantitative estimate of drug-likeness (QED) is 0.784. The van der Waals surface area contributed by atoms with Crippen molar-refractivity contribution >= 4 is 0 Å². The van der Waals surface area contributed by atoms with E-state index in [1.165, 1.54) is 6.42 Å². The molecule has 0 saturated carbocycles. The van der Waals surface area contributed by atoms with Crippen LogP contribution < -0.4 is 9.47 Å². The Labute approximate surface area is 103 Å². The van der Waals surface area contributed by atoms with Gasteiger partial charge in [-0.3, -0.25) is 0 Å². The van der Waals surface area contributed by atoms with E-state index < -0.39 is 0 Å². The molecule has 1 saturated heterocycles. The van der Waals surface area contributed by atoms with E-state index >= 15 is 0 Å². The molecule has 1 aromatic carbocycles. The van der Waals surface area contributed by atoms with E-state index in [4.69, 9.17) is 14.2 Å². The van der Waals surface area contributed by atoms with Crippen LogP contribution in [0.5, 0.6) is 11.5 Å². The molecule has 94 valence electrons. The lowest BCUT2D eigenvalue weighted by Crippen LogP contribution is -2.24. The van der Waals surface area contributed by atoms with Gasteiger partial charge in [-0.1, -0.05) is 6.92 Å². The molecule has 17 heavy (non-hydrogen) atoms. The lowest BCUT2D eigenvalue weighted by atomic mass is 10.2. The first-order chi connectivity index (χ1) is 8.38. The van der Waals surface area contributed by atoms with Crippen molar-refractivity contribution in [3.63, 3.8) is 0 Å². The fraction of sp³-hybridized carbons (Fsp3) is 0.571. The SMILES string of the molecule is CCCOc1ccc(OC2CCCCO2)cc1. The van der Waals surface area contributed by atoms with Crippen molar-refractivity contribution in [1.82, 2.24) is 0 Å². The summed E-state index contributed by atoms with van der Waals surface area (Å²) in [6.45, 7) is 3.66. The van der Waals surface area contributed by atoms with Crippen LogP contribution in [0.1, 0.15) is 32.6 Å². The monoisotopic (exact) mass is 236 g/mol. The molecule has 1 aromatic rings. The Kier molecular flexibility index (Phi) is 4.68. The lowest BCUT2D eigenvalue weighted by Gasteiger charge is -2.23. The van der Waals surface area contributed by atoms with Crippen LogP contribution in [0.25, 0.3) is 0 Å². The topological polar surface area (TPSA) is 27.7 Å². The number of hydrogen-bond acceptors (Lipinski definition) is 3. The minimum absolute atomic E-state index is 0.0776. The first-order valence-electron chi connectivity index (χ1n) is 6.39. The van der Waals surface area contributed by atoms with Gasteiger partial charge in [-0.25, -0.2) is 0 Å². The highest BCUT2D eigenvalue weighted by Crippen LogP contribution is 2.22. The van der Waals surface area contributed by atoms with E-state index in [1.807, 2.05) is 24.3 Å². The summed E-state index contributed by atoms with van der Waals surface area (Å²) < 4.78 is 16.8. The highest BCUT2D eigenvalue weighted by atomic mass is 16.7. The fourth-order valence-electron chi connectivity index (χ4n) is 1.79. The maximum atomic E-state index is 5.74. The number of ether oxygens (including phenoxy) is 3. The van der Waals surface area contributed by atoms with Crippen molar-refractivity contribution in [3.05, 3.63) is 24.3 Å². The molecule has 1 unspecified atom stereocenters. The van der Waals surface area contributed by atoms with E-state index in [0.29, 0.717) is 0 Å². The Hall–Kier alpha value is -1.22. The summed E-state index contributed by atoms with van der Waals surface area (Å²) in [5, 5.41) is 0. The van der Waals surface area contributed by atoms with Crippen molar-refractivity contribution in [3.8, 4) is 11.5 Å². The average molecular weight is 236 g/mol. The van der Waals surface area contributed by atoms with Gasteiger partial charge in [0.2, 0.25) is 0 Å². The summed E-state index contributed by atoms with van der Waals surface area (Å²) in [6, 6.07) is 7.74. The molecule has 2 rings (SSSR count). The average Bonchev–Trinajstić information content (AvgIpc) is 2.39. The maximum absolute atomic E-state index is 5.74. The van der Waals surface area contributed by atoms with Crippen LogP contribution >= 0.6 is 0 Å². The first-order valence-corrected chi connectivity index (χ1v) is 6.39. The number of benzene rings is 1. The second-order valence-electron chi connectivity index (χ2n) is 4.23. The van der Waals surface area contributed by atoms with Gasteiger partial charge < -0.3 is 14.2 Å². The zero-order chi connectivity index (χ0) is 11.9. The molecule has 0 amide bonds. The third kappa shape index (κ3) is 3.93. The summed E-state index contributed by atoms with van der Waals surface area (Å²) in [4.78, 5) is 0. The van der Waals surface area contributed by atoms with E-state index in [2.05, 4.69) is 6.92 Å². The summed E-state index contributed by atoms with van der Waals surface area (Å²) in [6.07, 6.45) is 4.25. The summed E-state index contributed by atoms with van der Waals surface area (Å²) in [5.41, 5.74) is 0. The minimum Gasteiger partial charge on any atom is -0.494 e. The molecular formula is C14H20O3. The summed E-state index contributed by atoms with van der Waals surface area (Å²) >= 11 is 0. The third-order valence-corrected chi connectivity index (χ3v) is 2.70. The van der Waals surface area contributed by atoms with Gasteiger partial charge in [-0.2, -0.15) is 0 Å². The largest absolute Gasteiger partial charge is 0.494 e. The molecule has 3 heteroatoms. The highest BCUT2D eigenvalue weighted by molar-refractivity contribution is 5.31. The van der Waals surface area contributed by atoms with E-state index in [9.17, 15) is 0 Å². The maximum Gasteiger partial charge on any atom is 0.199 e. The van der Waals surface area contributed by atoms with Crippen molar-refractivity contribution in [2.24, 2.45) is 0 Å². The molecule has 1 heterocycles. The Morgan fingerprint density at radius 1 is 1.18 bits per heavy atom. The molecule has 0 radical (unpaired) electrons. The number of hydrogen-bond donors (Lipinski definition) is 0. The minimum atomic E-state index is -0.0776. The third-order valence-electron chi connectivity index (χ3n) is 2.70. The second-order valence-corrected chi connectivity index (χ2v) is 4.23. The van der Waals surface area contributed by atoms with Crippen molar-refractivity contribution in [1.29, 1.82) is 0 Å². The molecule has 1 fully saturated rings. The van der Waals surface area contributed by atoms with Crippen LogP contribution in [-0.4, -0.2) is 19.5 Å². The van der Waals surface area contributed by atoms with E-state index in [-0.39, 0.29) is 6.29 Å². The smallest absolute Gasteiger partial charge is 0.199 e. The van der Waals surface area contributed by atoms with Gasteiger partial charge in [0.25, 0.3) is 0 Å². The van der Waals surface area contributed by atoms with E-state index in [1.54, 1.807) is 0 Å². The Balaban J connectivity index is 1.84. The van der Waals surface area contributed by atoms with Gasteiger partial charge in [0.1, 0.15) is 11.5 Å². The molecule has 1 aliphatic heterocycles. The molecular weight excluding hydrogens is 216 g/mol. The second kappa shape index (κ2) is 6.50. The molecule has 0 spiro atoms. The first kappa shape index (κ1) is 12.2. The predicted octanol–water partition coefficient (Wildman–Crippen LogP) is 3.38. The van der Waals surface area contributed by atoms with Gasteiger partial charge in [0.05, 0.1) is 13.2 Å². The van der Waals surface area contributed by atoms with Gasteiger partial charge in [-0.05, 0) is 43.5 Å². The number of rotatable bonds is 5. The normalized spacial score (nSPS) is 19.9. The fourth-order valence-corrected chi connectivity index (χ4v) is 1.79. The molecule has 1 aliphatic rings. The van der Waals surface area contributed by atoms with Crippen molar-refractivity contribution < 1.29 is 14.2 Å². The van der Waals surface area contributed by atoms with E-state index in [0.717, 1.165) is 44.0 Å². The predicted molar refractivity (Wildman–Crippen MR) is 66.4 cm³/mol. The molecule has 0 N–H and O–H groups in total. The summed E-state index contributed by atoms with van der Waals surface area (Å²) in [5.74, 6) is 1.74. The lowest BCUT2D eigenvalue weighted by molar-refractivity contribution is -0.105. The van der Waals surface area contributed by atoms with Gasteiger partial charge in [0.15, 0.2) is 6.29 Å².